The highest BCUT2D eigenvalue weighted by Gasteiger charge is 2.24. The molecule has 0 fully saturated rings. The average Bonchev–Trinajstić information content (AvgIpc) is 3.17. The molecule has 32 heavy (non-hydrogen) atoms. The van der Waals surface area contributed by atoms with Crippen LogP contribution in [0.4, 0.5) is 0 Å². The molecule has 4 rings (SSSR count). The summed E-state index contributed by atoms with van der Waals surface area (Å²) in [5, 5.41) is 13.1. The molecule has 0 aliphatic heterocycles. The maximum Gasteiger partial charge on any atom is 0.161 e. The highest BCUT2D eigenvalue weighted by Crippen LogP contribution is 2.33. The van der Waals surface area contributed by atoms with Crippen LogP contribution in [0.25, 0.3) is 21.8 Å². The molecule has 0 saturated heterocycles. The second kappa shape index (κ2) is 9.78. The van der Waals surface area contributed by atoms with Crippen LogP contribution in [-0.2, 0) is 0 Å². The molecule has 0 aliphatic rings. The Hall–Kier alpha value is -2.79. The summed E-state index contributed by atoms with van der Waals surface area (Å²) in [6.07, 6.45) is 0. The van der Waals surface area contributed by atoms with E-state index in [-0.39, 0.29) is 6.61 Å². The molecular weight excluding hydrogens is 423 g/mol. The van der Waals surface area contributed by atoms with Gasteiger partial charge in [0, 0.05) is 29.4 Å². The second-order valence-electron chi connectivity index (χ2n) is 8.10. The molecule has 0 radical (unpaired) electrons. The minimum Gasteiger partial charge on any atom is -0.493 e. The van der Waals surface area contributed by atoms with Crippen LogP contribution >= 0.6 is 9.39 Å². The predicted molar refractivity (Wildman–Crippen MR) is 132 cm³/mol. The number of aromatic amines is 1. The van der Waals surface area contributed by atoms with E-state index in [0.29, 0.717) is 31.2 Å². The van der Waals surface area contributed by atoms with E-state index < -0.39 is 5.60 Å². The van der Waals surface area contributed by atoms with Gasteiger partial charge >= 0.3 is 0 Å². The molecule has 0 bridgehead atoms. The van der Waals surface area contributed by atoms with Crippen molar-refractivity contribution >= 4 is 31.2 Å². The van der Waals surface area contributed by atoms with Gasteiger partial charge in [-0.15, -0.1) is 0 Å². The molecule has 168 valence electrons. The van der Waals surface area contributed by atoms with E-state index in [1.807, 2.05) is 59.3 Å². The van der Waals surface area contributed by atoms with Crippen LogP contribution in [-0.4, -0.2) is 53.8 Å². The lowest BCUT2D eigenvalue weighted by atomic mass is 10.1. The SMILES string of the molecule is COc1ccccc1OCCN(P)CC(C)(O)COc1cccc2[nH]c3ccccc3c12. The number of nitrogens with zero attached hydrogens (tertiary/aromatic N) is 1. The summed E-state index contributed by atoms with van der Waals surface area (Å²) in [5.41, 5.74) is 1.04. The molecule has 3 aromatic carbocycles. The van der Waals surface area contributed by atoms with Gasteiger partial charge in [-0.3, -0.25) is 4.67 Å². The number of benzene rings is 3. The zero-order valence-corrected chi connectivity index (χ0v) is 19.5. The number of hydrogen-bond donors (Lipinski definition) is 2. The number of ether oxygens (including phenoxy) is 3. The van der Waals surface area contributed by atoms with E-state index >= 15 is 0 Å². The number of nitrogens with one attached hydrogen (secondary N) is 1. The molecular formula is C25H29N2O4P. The number of rotatable bonds is 10. The molecule has 1 heterocycles. The molecule has 2 atom stereocenters. The van der Waals surface area contributed by atoms with Crippen LogP contribution in [0.1, 0.15) is 6.92 Å². The zero-order chi connectivity index (χ0) is 22.6. The Labute approximate surface area is 190 Å². The second-order valence-corrected chi connectivity index (χ2v) is 8.84. The molecule has 4 aromatic rings. The maximum atomic E-state index is 10.9. The number of methoxy groups -OCH3 is 1. The quantitative estimate of drug-likeness (QED) is 0.344. The Morgan fingerprint density at radius 1 is 0.906 bits per heavy atom. The first-order valence-corrected chi connectivity index (χ1v) is 11.1. The molecule has 0 aliphatic carbocycles. The number of aliphatic hydroxyl groups is 1. The summed E-state index contributed by atoms with van der Waals surface area (Å²) in [5.74, 6) is 2.17. The van der Waals surface area contributed by atoms with Crippen LogP contribution in [0.2, 0.25) is 0 Å². The smallest absolute Gasteiger partial charge is 0.161 e. The molecule has 7 heteroatoms. The standard InChI is InChI=1S/C25H29N2O4P/c1-25(28,16-27(32)14-15-30-22-12-6-5-11-21(22)29-2)17-31-23-13-7-10-20-24(23)18-8-3-4-9-19(18)26-20/h3-13,26,28H,14-17,32H2,1-2H3. The number of para-hydroxylation sites is 3. The molecule has 0 amide bonds. The molecule has 1 aromatic heterocycles. The van der Waals surface area contributed by atoms with Gasteiger partial charge in [0.25, 0.3) is 0 Å². The van der Waals surface area contributed by atoms with Gasteiger partial charge in [0.05, 0.1) is 12.6 Å². The number of hydrogen-bond acceptors (Lipinski definition) is 5. The Bertz CT molecular complexity index is 1190. The third-order valence-corrected chi connectivity index (χ3v) is 5.72. The first kappa shape index (κ1) is 22.4. The van der Waals surface area contributed by atoms with Crippen molar-refractivity contribution in [2.45, 2.75) is 12.5 Å². The van der Waals surface area contributed by atoms with Crippen LogP contribution in [0.3, 0.4) is 0 Å². The van der Waals surface area contributed by atoms with Crippen molar-refractivity contribution in [3.8, 4) is 17.2 Å². The van der Waals surface area contributed by atoms with Crippen molar-refractivity contribution in [1.29, 1.82) is 0 Å². The topological polar surface area (TPSA) is 67.0 Å². The first-order chi connectivity index (χ1) is 15.5. The maximum absolute atomic E-state index is 10.9. The molecule has 0 spiro atoms. The highest BCUT2D eigenvalue weighted by molar-refractivity contribution is 7.13. The van der Waals surface area contributed by atoms with Gasteiger partial charge < -0.3 is 24.3 Å². The molecule has 2 N–H and O–H groups in total. The van der Waals surface area contributed by atoms with Gasteiger partial charge in [0.15, 0.2) is 11.5 Å². The summed E-state index contributed by atoms with van der Waals surface area (Å²) in [4.78, 5) is 3.42. The van der Waals surface area contributed by atoms with Gasteiger partial charge in [0.2, 0.25) is 0 Å². The van der Waals surface area contributed by atoms with Gasteiger partial charge in [-0.25, -0.2) is 0 Å². The van der Waals surface area contributed by atoms with Crippen molar-refractivity contribution in [3.05, 3.63) is 66.7 Å². The average molecular weight is 452 g/mol. The number of H-pyrrole nitrogens is 1. The third kappa shape index (κ3) is 5.16. The lowest BCUT2D eigenvalue weighted by Gasteiger charge is -2.29. The number of fused-ring (bicyclic) bond motifs is 3. The van der Waals surface area contributed by atoms with Crippen molar-refractivity contribution in [3.63, 3.8) is 0 Å². The van der Waals surface area contributed by atoms with Crippen molar-refractivity contribution < 1.29 is 19.3 Å². The molecule has 6 nitrogen and oxygen atoms in total. The number of aromatic nitrogens is 1. The minimum absolute atomic E-state index is 0.171. The molecule has 2 unspecified atom stereocenters. The van der Waals surface area contributed by atoms with E-state index in [1.54, 1.807) is 14.0 Å². The monoisotopic (exact) mass is 452 g/mol. The largest absolute Gasteiger partial charge is 0.493 e. The summed E-state index contributed by atoms with van der Waals surface area (Å²) >= 11 is 0. The van der Waals surface area contributed by atoms with Gasteiger partial charge in [0.1, 0.15) is 24.6 Å². The third-order valence-electron chi connectivity index (χ3n) is 5.28. The fourth-order valence-electron chi connectivity index (χ4n) is 3.79. The predicted octanol–water partition coefficient (Wildman–Crippen LogP) is 4.63. The van der Waals surface area contributed by atoms with Crippen LogP contribution < -0.4 is 14.2 Å². The normalized spacial score (nSPS) is 13.4. The fourth-order valence-corrected chi connectivity index (χ4v) is 4.29. The summed E-state index contributed by atoms with van der Waals surface area (Å²) in [7, 11) is 4.27. The van der Waals surface area contributed by atoms with Crippen molar-refractivity contribution in [2.75, 3.05) is 33.4 Å². The van der Waals surface area contributed by atoms with E-state index in [1.165, 1.54) is 0 Å². The van der Waals surface area contributed by atoms with E-state index in [0.717, 1.165) is 27.6 Å². The van der Waals surface area contributed by atoms with Crippen LogP contribution in [0.5, 0.6) is 17.2 Å². The Balaban J connectivity index is 1.34. The van der Waals surface area contributed by atoms with Gasteiger partial charge in [-0.05, 0) is 37.3 Å². The first-order valence-electron chi connectivity index (χ1n) is 10.6. The minimum atomic E-state index is -1.04. The summed E-state index contributed by atoms with van der Waals surface area (Å²) < 4.78 is 19.2. The van der Waals surface area contributed by atoms with Gasteiger partial charge in [-0.1, -0.05) is 45.8 Å². The lowest BCUT2D eigenvalue weighted by Crippen LogP contribution is -2.42. The van der Waals surface area contributed by atoms with E-state index in [4.69, 9.17) is 14.2 Å². The van der Waals surface area contributed by atoms with Crippen molar-refractivity contribution in [2.24, 2.45) is 0 Å². The molecule has 0 saturated carbocycles. The summed E-state index contributed by atoms with van der Waals surface area (Å²) in [6.45, 7) is 3.45. The lowest BCUT2D eigenvalue weighted by molar-refractivity contribution is -0.00148. The summed E-state index contributed by atoms with van der Waals surface area (Å²) in [6, 6.07) is 21.6. The van der Waals surface area contributed by atoms with Gasteiger partial charge in [-0.2, -0.15) is 0 Å². The van der Waals surface area contributed by atoms with Crippen molar-refractivity contribution in [1.82, 2.24) is 9.65 Å². The highest BCUT2D eigenvalue weighted by atomic mass is 31.0. The Kier molecular flexibility index (Phi) is 6.85. The van der Waals surface area contributed by atoms with E-state index in [2.05, 4.69) is 26.5 Å². The van der Waals surface area contributed by atoms with Crippen LogP contribution in [0, 0.1) is 0 Å². The Morgan fingerprint density at radius 2 is 1.59 bits per heavy atom. The Morgan fingerprint density at radius 3 is 2.41 bits per heavy atom. The van der Waals surface area contributed by atoms with E-state index in [9.17, 15) is 5.11 Å². The van der Waals surface area contributed by atoms with Crippen LogP contribution in [0.15, 0.2) is 66.7 Å². The zero-order valence-electron chi connectivity index (χ0n) is 18.4. The fraction of sp³-hybridized carbons (Fsp3) is 0.280.